The molecular weight excluding hydrogens is 260 g/mol. The van der Waals surface area contributed by atoms with E-state index >= 15 is 0 Å². The van der Waals surface area contributed by atoms with Crippen molar-refractivity contribution in [3.63, 3.8) is 0 Å². The first-order chi connectivity index (χ1) is 9.24. The number of β-amino-alcohol motifs (C(OH)–C–C–N with tert-alkyl or cyclic N) is 1. The fraction of sp³-hybridized carbons (Fsp3) is 0.643. The van der Waals surface area contributed by atoms with Gasteiger partial charge in [0.25, 0.3) is 5.91 Å². The molecule has 1 atom stereocenters. The van der Waals surface area contributed by atoms with Crippen LogP contribution in [-0.4, -0.2) is 59.1 Å². The topological polar surface area (TPSA) is 43.8 Å². The summed E-state index contributed by atoms with van der Waals surface area (Å²) in [5, 5.41) is 11.5. The van der Waals surface area contributed by atoms with E-state index in [1.807, 2.05) is 22.4 Å². The molecular formula is C14H20N2O2S. The van der Waals surface area contributed by atoms with Crippen LogP contribution in [0.15, 0.2) is 17.5 Å². The smallest absolute Gasteiger partial charge is 0.263 e. The minimum absolute atomic E-state index is 0.147. The maximum absolute atomic E-state index is 12.2. The number of aliphatic hydroxyl groups excluding tert-OH is 1. The largest absolute Gasteiger partial charge is 0.392 e. The van der Waals surface area contributed by atoms with E-state index in [9.17, 15) is 9.90 Å². The second kappa shape index (κ2) is 5.61. The molecule has 1 aromatic heterocycles. The van der Waals surface area contributed by atoms with Crippen molar-refractivity contribution in [3.05, 3.63) is 22.4 Å². The predicted octanol–water partition coefficient (Wildman–Crippen LogP) is 1.42. The maximum Gasteiger partial charge on any atom is 0.263 e. The number of hydrogen-bond donors (Lipinski definition) is 1. The van der Waals surface area contributed by atoms with Crippen molar-refractivity contribution in [2.24, 2.45) is 0 Å². The average Bonchev–Trinajstić information content (AvgIpc) is 3.09. The van der Waals surface area contributed by atoms with Crippen molar-refractivity contribution >= 4 is 17.2 Å². The predicted molar refractivity (Wildman–Crippen MR) is 75.4 cm³/mol. The highest BCUT2D eigenvalue weighted by molar-refractivity contribution is 7.12. The van der Waals surface area contributed by atoms with Gasteiger partial charge < -0.3 is 10.0 Å². The summed E-state index contributed by atoms with van der Waals surface area (Å²) in [6, 6.07) is 4.37. The van der Waals surface area contributed by atoms with Crippen molar-refractivity contribution < 1.29 is 9.90 Å². The molecule has 2 aliphatic heterocycles. The summed E-state index contributed by atoms with van der Waals surface area (Å²) in [7, 11) is 0. The number of nitrogens with zero attached hydrogens (tertiary/aromatic N) is 2. The number of carbonyl (C=O) groups is 1. The van der Waals surface area contributed by atoms with Crippen LogP contribution in [0.1, 0.15) is 28.9 Å². The van der Waals surface area contributed by atoms with E-state index in [0.717, 1.165) is 50.3 Å². The molecule has 5 heteroatoms. The normalized spacial score (nSPS) is 25.9. The molecule has 104 valence electrons. The van der Waals surface area contributed by atoms with Gasteiger partial charge in [0.1, 0.15) is 0 Å². The fourth-order valence-corrected chi connectivity index (χ4v) is 3.78. The molecule has 0 saturated carbocycles. The molecule has 4 nitrogen and oxygen atoms in total. The Kier molecular flexibility index (Phi) is 3.86. The van der Waals surface area contributed by atoms with Gasteiger partial charge in [0, 0.05) is 32.2 Å². The number of hydrogen-bond acceptors (Lipinski definition) is 4. The van der Waals surface area contributed by atoms with Gasteiger partial charge in [0.15, 0.2) is 0 Å². The minimum atomic E-state index is -0.147. The molecule has 0 bridgehead atoms. The second-order valence-corrected chi connectivity index (χ2v) is 6.39. The van der Waals surface area contributed by atoms with Crippen LogP contribution in [0, 0.1) is 0 Å². The Morgan fingerprint density at radius 2 is 2.05 bits per heavy atom. The highest BCUT2D eigenvalue weighted by Gasteiger charge is 2.31. The van der Waals surface area contributed by atoms with Crippen molar-refractivity contribution in [2.45, 2.75) is 31.4 Å². The van der Waals surface area contributed by atoms with Crippen LogP contribution in [0.25, 0.3) is 0 Å². The van der Waals surface area contributed by atoms with Gasteiger partial charge in [-0.25, -0.2) is 0 Å². The lowest BCUT2D eigenvalue weighted by Gasteiger charge is -2.36. The molecule has 2 fully saturated rings. The van der Waals surface area contributed by atoms with Crippen molar-refractivity contribution in [2.75, 3.05) is 26.2 Å². The molecule has 0 radical (unpaired) electrons. The van der Waals surface area contributed by atoms with Gasteiger partial charge in [0.2, 0.25) is 0 Å². The lowest BCUT2D eigenvalue weighted by Crippen LogP contribution is -2.46. The third-order valence-corrected chi connectivity index (χ3v) is 5.05. The number of aliphatic hydroxyl groups is 1. The molecule has 2 saturated heterocycles. The second-order valence-electron chi connectivity index (χ2n) is 5.44. The third-order valence-electron chi connectivity index (χ3n) is 4.19. The molecule has 1 aromatic rings. The monoisotopic (exact) mass is 280 g/mol. The SMILES string of the molecule is O=C(c1cccs1)N1CCC(N2CCC(O)C2)CC1. The summed E-state index contributed by atoms with van der Waals surface area (Å²) in [6.07, 6.45) is 2.81. The van der Waals surface area contributed by atoms with Gasteiger partial charge in [-0.3, -0.25) is 9.69 Å². The van der Waals surface area contributed by atoms with Gasteiger partial charge in [-0.1, -0.05) is 6.07 Å². The van der Waals surface area contributed by atoms with Gasteiger partial charge in [-0.2, -0.15) is 0 Å². The molecule has 1 unspecified atom stereocenters. The van der Waals surface area contributed by atoms with E-state index in [1.54, 1.807) is 0 Å². The number of carbonyl (C=O) groups excluding carboxylic acids is 1. The van der Waals surface area contributed by atoms with Crippen LogP contribution in [0.5, 0.6) is 0 Å². The fourth-order valence-electron chi connectivity index (χ4n) is 3.09. The van der Waals surface area contributed by atoms with E-state index in [-0.39, 0.29) is 12.0 Å². The van der Waals surface area contributed by atoms with E-state index in [2.05, 4.69) is 4.90 Å². The van der Waals surface area contributed by atoms with E-state index < -0.39 is 0 Å². The average molecular weight is 280 g/mol. The minimum Gasteiger partial charge on any atom is -0.392 e. The lowest BCUT2D eigenvalue weighted by atomic mass is 10.0. The molecule has 3 heterocycles. The molecule has 3 rings (SSSR count). The summed E-state index contributed by atoms with van der Waals surface area (Å²) in [5.74, 6) is 0.176. The molecule has 0 aromatic carbocycles. The van der Waals surface area contributed by atoms with Crippen molar-refractivity contribution in [3.8, 4) is 0 Å². The zero-order chi connectivity index (χ0) is 13.2. The Bertz CT molecular complexity index is 427. The molecule has 19 heavy (non-hydrogen) atoms. The quantitative estimate of drug-likeness (QED) is 0.891. The van der Waals surface area contributed by atoms with E-state index in [0.29, 0.717) is 6.04 Å². The Balaban J connectivity index is 1.53. The molecule has 1 amide bonds. The van der Waals surface area contributed by atoms with Crippen LogP contribution >= 0.6 is 11.3 Å². The number of rotatable bonds is 2. The number of likely N-dealkylation sites (tertiary alicyclic amines) is 2. The van der Waals surface area contributed by atoms with E-state index in [1.165, 1.54) is 11.3 Å². The van der Waals surface area contributed by atoms with Crippen molar-refractivity contribution in [1.29, 1.82) is 0 Å². The molecule has 1 N–H and O–H groups in total. The summed E-state index contributed by atoms with van der Waals surface area (Å²) >= 11 is 1.52. The van der Waals surface area contributed by atoms with Crippen LogP contribution in [0.4, 0.5) is 0 Å². The van der Waals surface area contributed by atoms with Gasteiger partial charge in [-0.15, -0.1) is 11.3 Å². The Labute approximate surface area is 117 Å². The summed E-state index contributed by atoms with van der Waals surface area (Å²) in [6.45, 7) is 3.50. The highest BCUT2D eigenvalue weighted by Crippen LogP contribution is 2.23. The van der Waals surface area contributed by atoms with Crippen molar-refractivity contribution in [1.82, 2.24) is 9.80 Å². The Hall–Kier alpha value is -0.910. The summed E-state index contributed by atoms with van der Waals surface area (Å²) in [5.41, 5.74) is 0. The first kappa shape index (κ1) is 13.1. The zero-order valence-electron chi connectivity index (χ0n) is 11.0. The Morgan fingerprint density at radius 1 is 1.26 bits per heavy atom. The first-order valence-electron chi connectivity index (χ1n) is 6.99. The Morgan fingerprint density at radius 3 is 2.63 bits per heavy atom. The van der Waals surface area contributed by atoms with Gasteiger partial charge >= 0.3 is 0 Å². The molecule has 0 spiro atoms. The van der Waals surface area contributed by atoms with Crippen LogP contribution < -0.4 is 0 Å². The van der Waals surface area contributed by atoms with Gasteiger partial charge in [0.05, 0.1) is 11.0 Å². The van der Waals surface area contributed by atoms with Gasteiger partial charge in [-0.05, 0) is 30.7 Å². The first-order valence-corrected chi connectivity index (χ1v) is 7.87. The summed E-state index contributed by atoms with van der Waals surface area (Å²) in [4.78, 5) is 17.4. The van der Waals surface area contributed by atoms with E-state index in [4.69, 9.17) is 0 Å². The van der Waals surface area contributed by atoms with Crippen LogP contribution in [0.2, 0.25) is 0 Å². The zero-order valence-corrected chi connectivity index (χ0v) is 11.8. The molecule has 2 aliphatic rings. The lowest BCUT2D eigenvalue weighted by molar-refractivity contribution is 0.0632. The number of piperidine rings is 1. The van der Waals surface area contributed by atoms with Crippen LogP contribution in [-0.2, 0) is 0 Å². The molecule has 0 aliphatic carbocycles. The highest BCUT2D eigenvalue weighted by atomic mass is 32.1. The standard InChI is InChI=1S/C14H20N2O2S/c17-12-5-8-16(10-12)11-3-6-15(7-4-11)14(18)13-2-1-9-19-13/h1-2,9,11-12,17H,3-8,10H2. The van der Waals surface area contributed by atoms with Crippen LogP contribution in [0.3, 0.4) is 0 Å². The maximum atomic E-state index is 12.2. The third kappa shape index (κ3) is 2.83. The number of thiophene rings is 1. The number of amides is 1. The summed E-state index contributed by atoms with van der Waals surface area (Å²) < 4.78 is 0.